The van der Waals surface area contributed by atoms with Gasteiger partial charge in [0.25, 0.3) is 0 Å². The Labute approximate surface area is 260 Å². The summed E-state index contributed by atoms with van der Waals surface area (Å²) in [6, 6.07) is 28.9. The highest BCUT2D eigenvalue weighted by Gasteiger charge is 2.32. The molecular formula is C35H33NO7S. The zero-order valence-corrected chi connectivity index (χ0v) is 25.0. The smallest absolute Gasteiger partial charge is 0.335 e. The fourth-order valence-electron chi connectivity index (χ4n) is 4.90. The number of carboxylic acids is 1. The number of ether oxygens (including phenoxy) is 2. The fraction of sp³-hybridized carbons (Fsp3) is 0.229. The Bertz CT molecular complexity index is 1600. The van der Waals surface area contributed by atoms with Crippen LogP contribution in [-0.2, 0) is 27.3 Å². The van der Waals surface area contributed by atoms with Crippen molar-refractivity contribution in [3.05, 3.63) is 130 Å². The minimum Gasteiger partial charge on any atom is -0.478 e. The summed E-state index contributed by atoms with van der Waals surface area (Å²) in [5.41, 5.74) is 4.79. The summed E-state index contributed by atoms with van der Waals surface area (Å²) >= 11 is 1.59. The number of carbonyl (C=O) groups is 3. The van der Waals surface area contributed by atoms with E-state index in [0.29, 0.717) is 23.4 Å². The zero-order valence-electron chi connectivity index (χ0n) is 24.1. The van der Waals surface area contributed by atoms with Gasteiger partial charge in [0.15, 0.2) is 12.1 Å². The molecule has 0 aliphatic carbocycles. The van der Waals surface area contributed by atoms with Crippen molar-refractivity contribution in [1.29, 1.82) is 0 Å². The molecule has 1 aliphatic rings. The van der Waals surface area contributed by atoms with Crippen LogP contribution in [0.3, 0.4) is 0 Å². The molecular weight excluding hydrogens is 578 g/mol. The molecule has 3 N–H and O–H groups in total. The number of hydrogen-bond acceptors (Lipinski definition) is 7. The van der Waals surface area contributed by atoms with Crippen molar-refractivity contribution >= 4 is 35.1 Å². The van der Waals surface area contributed by atoms with Gasteiger partial charge in [-0.2, -0.15) is 0 Å². The average molecular weight is 612 g/mol. The van der Waals surface area contributed by atoms with Gasteiger partial charge in [0.1, 0.15) is 0 Å². The summed E-state index contributed by atoms with van der Waals surface area (Å²) in [5.74, 6) is -0.578. The number of Topliss-reactive ketones (excluding diaryl/α,β-unsaturated/α-hetero) is 1. The predicted molar refractivity (Wildman–Crippen MR) is 168 cm³/mol. The van der Waals surface area contributed by atoms with Crippen molar-refractivity contribution in [1.82, 2.24) is 0 Å². The van der Waals surface area contributed by atoms with E-state index in [1.165, 1.54) is 6.92 Å². The summed E-state index contributed by atoms with van der Waals surface area (Å²) in [5, 5.41) is 21.5. The van der Waals surface area contributed by atoms with Gasteiger partial charge in [-0.25, -0.2) is 4.79 Å². The molecule has 44 heavy (non-hydrogen) atoms. The van der Waals surface area contributed by atoms with Crippen LogP contribution >= 0.6 is 11.8 Å². The second kappa shape index (κ2) is 14.5. The van der Waals surface area contributed by atoms with Gasteiger partial charge in [-0.15, -0.1) is 11.8 Å². The van der Waals surface area contributed by atoms with Gasteiger partial charge in [0.2, 0.25) is 5.91 Å². The summed E-state index contributed by atoms with van der Waals surface area (Å²) in [6.45, 7) is 1.45. The van der Waals surface area contributed by atoms with E-state index >= 15 is 0 Å². The third kappa shape index (κ3) is 8.21. The predicted octanol–water partition coefficient (Wildman–Crippen LogP) is 6.60. The molecule has 1 heterocycles. The molecule has 1 amide bonds. The number of aromatic carboxylic acids is 1. The van der Waals surface area contributed by atoms with E-state index in [0.717, 1.165) is 27.1 Å². The number of ketones is 1. The van der Waals surface area contributed by atoms with E-state index in [1.807, 2.05) is 48.5 Å². The molecule has 1 saturated heterocycles. The molecule has 5 rings (SSSR count). The van der Waals surface area contributed by atoms with E-state index in [9.17, 15) is 24.6 Å². The van der Waals surface area contributed by atoms with Crippen LogP contribution in [0.1, 0.15) is 68.7 Å². The number of aliphatic hydroxyl groups excluding tert-OH is 1. The maximum absolute atomic E-state index is 12.7. The molecule has 4 aromatic rings. The Kier molecular flexibility index (Phi) is 10.2. The van der Waals surface area contributed by atoms with Gasteiger partial charge in [-0.1, -0.05) is 60.7 Å². The summed E-state index contributed by atoms with van der Waals surface area (Å²) in [4.78, 5) is 36.5. The number of hydrogen-bond donors (Lipinski definition) is 3. The van der Waals surface area contributed by atoms with E-state index < -0.39 is 12.3 Å². The second-order valence-electron chi connectivity index (χ2n) is 10.6. The SMILES string of the molecule is CC(=O)c1cccc(NC(=O)Cc2ccc(C3OC(CSc4ccc(C(=O)O)cc4)CC(c4ccc(CO)cc4)O3)cc2)c1. The first kappa shape index (κ1) is 31.2. The van der Waals surface area contributed by atoms with Crippen LogP contribution in [0.15, 0.2) is 102 Å². The highest BCUT2D eigenvalue weighted by molar-refractivity contribution is 7.99. The van der Waals surface area contributed by atoms with Crippen molar-refractivity contribution in [2.45, 2.75) is 49.8 Å². The van der Waals surface area contributed by atoms with Crippen molar-refractivity contribution < 1.29 is 34.1 Å². The highest BCUT2D eigenvalue weighted by atomic mass is 32.2. The van der Waals surface area contributed by atoms with Crippen LogP contribution < -0.4 is 5.32 Å². The largest absolute Gasteiger partial charge is 0.478 e. The molecule has 3 atom stereocenters. The number of amides is 1. The number of aliphatic hydroxyl groups is 1. The van der Waals surface area contributed by atoms with Gasteiger partial charge in [-0.05, 0) is 60.0 Å². The summed E-state index contributed by atoms with van der Waals surface area (Å²) < 4.78 is 12.8. The van der Waals surface area contributed by atoms with Gasteiger partial charge in [0.05, 0.1) is 30.8 Å². The van der Waals surface area contributed by atoms with E-state index in [2.05, 4.69) is 5.32 Å². The maximum Gasteiger partial charge on any atom is 0.335 e. The molecule has 3 unspecified atom stereocenters. The number of carbonyl (C=O) groups excluding carboxylic acids is 2. The van der Waals surface area contributed by atoms with Crippen molar-refractivity contribution in [3.8, 4) is 0 Å². The molecule has 226 valence electrons. The number of anilines is 1. The van der Waals surface area contributed by atoms with Crippen molar-refractivity contribution in [3.63, 3.8) is 0 Å². The van der Waals surface area contributed by atoms with E-state index in [-0.39, 0.29) is 42.5 Å². The lowest BCUT2D eigenvalue weighted by Crippen LogP contribution is -2.31. The number of benzene rings is 4. The molecule has 0 radical (unpaired) electrons. The Morgan fingerprint density at radius 1 is 0.841 bits per heavy atom. The minimum absolute atomic E-state index is 0.0351. The first-order chi connectivity index (χ1) is 21.3. The standard InChI is InChI=1S/C35H33NO7S/c1-22(38)28-3-2-4-29(18-28)36-33(39)17-23-5-11-27(12-6-23)35-42-30(21-44-31-15-13-26(14-16-31)34(40)41)19-32(43-35)25-9-7-24(20-37)8-10-25/h2-16,18,30,32,35,37H,17,19-21H2,1H3,(H,36,39)(H,40,41). The lowest BCUT2D eigenvalue weighted by atomic mass is 10.0. The number of carboxylic acid groups (broad SMARTS) is 1. The zero-order chi connectivity index (χ0) is 31.1. The number of nitrogens with one attached hydrogen (secondary N) is 1. The van der Waals surface area contributed by atoms with Crippen molar-refractivity contribution in [2.24, 2.45) is 0 Å². The Morgan fingerprint density at radius 2 is 1.52 bits per heavy atom. The molecule has 0 spiro atoms. The second-order valence-corrected chi connectivity index (χ2v) is 11.7. The van der Waals surface area contributed by atoms with Crippen LogP contribution in [0.25, 0.3) is 0 Å². The van der Waals surface area contributed by atoms with Gasteiger partial charge in [0, 0.05) is 33.9 Å². The first-order valence-corrected chi connectivity index (χ1v) is 15.2. The monoisotopic (exact) mass is 611 g/mol. The fourth-order valence-corrected chi connectivity index (χ4v) is 5.83. The minimum atomic E-state index is -0.960. The number of rotatable bonds is 11. The van der Waals surface area contributed by atoms with Crippen LogP contribution in [0, 0.1) is 0 Å². The maximum atomic E-state index is 12.7. The van der Waals surface area contributed by atoms with Crippen molar-refractivity contribution in [2.75, 3.05) is 11.1 Å². The van der Waals surface area contributed by atoms with Gasteiger partial charge >= 0.3 is 5.97 Å². The Hall–Kier alpha value is -4.28. The third-order valence-electron chi connectivity index (χ3n) is 7.32. The molecule has 1 aliphatic heterocycles. The molecule has 1 fully saturated rings. The van der Waals surface area contributed by atoms with E-state index in [4.69, 9.17) is 9.47 Å². The Morgan fingerprint density at radius 3 is 2.18 bits per heavy atom. The van der Waals surface area contributed by atoms with Gasteiger partial charge < -0.3 is 25.0 Å². The lowest BCUT2D eigenvalue weighted by Gasteiger charge is -2.36. The molecule has 0 bridgehead atoms. The highest BCUT2D eigenvalue weighted by Crippen LogP contribution is 2.39. The molecule has 0 aromatic heterocycles. The van der Waals surface area contributed by atoms with Crippen LogP contribution in [0.4, 0.5) is 5.69 Å². The summed E-state index contributed by atoms with van der Waals surface area (Å²) in [7, 11) is 0. The topological polar surface area (TPSA) is 122 Å². The quantitative estimate of drug-likeness (QED) is 0.128. The first-order valence-electron chi connectivity index (χ1n) is 14.2. The lowest BCUT2D eigenvalue weighted by molar-refractivity contribution is -0.245. The molecule has 8 nitrogen and oxygen atoms in total. The average Bonchev–Trinajstić information content (AvgIpc) is 3.04. The summed E-state index contributed by atoms with van der Waals surface area (Å²) in [6.07, 6.45) is -0.243. The normalized spacial score (nSPS) is 18.0. The third-order valence-corrected chi connectivity index (χ3v) is 8.47. The Balaban J connectivity index is 1.26. The van der Waals surface area contributed by atoms with Gasteiger partial charge in [-0.3, -0.25) is 9.59 Å². The molecule has 0 saturated carbocycles. The van der Waals surface area contributed by atoms with E-state index in [1.54, 1.807) is 60.3 Å². The molecule has 4 aromatic carbocycles. The van der Waals surface area contributed by atoms with Crippen LogP contribution in [-0.4, -0.2) is 39.7 Å². The molecule has 9 heteroatoms. The number of thioether (sulfide) groups is 1. The van der Waals surface area contributed by atoms with Crippen LogP contribution in [0.5, 0.6) is 0 Å². The van der Waals surface area contributed by atoms with Crippen LogP contribution in [0.2, 0.25) is 0 Å².